The highest BCUT2D eigenvalue weighted by atomic mass is 79.9. The number of ether oxygens (including phenoxy) is 1. The molecule has 124 valence electrons. The van der Waals surface area contributed by atoms with Gasteiger partial charge in [-0.3, -0.25) is 4.99 Å². The summed E-state index contributed by atoms with van der Waals surface area (Å²) < 4.78 is 6.13. The maximum absolute atomic E-state index is 9.92. The third kappa shape index (κ3) is 3.46. The quantitative estimate of drug-likeness (QED) is 0.816. The molecular weight excluding hydrogens is 368 g/mol. The Morgan fingerprint density at radius 1 is 1.29 bits per heavy atom. The predicted molar refractivity (Wildman–Crippen MR) is 101 cm³/mol. The minimum Gasteiger partial charge on any atom is -0.504 e. The maximum atomic E-state index is 9.92. The lowest BCUT2D eigenvalue weighted by Crippen LogP contribution is -2.13. The Balaban J connectivity index is 1.81. The Kier molecular flexibility index (Phi) is 4.90. The first-order valence-electron chi connectivity index (χ1n) is 7.70. The smallest absolute Gasteiger partial charge is 0.160 e. The Bertz CT molecular complexity index is 815. The van der Waals surface area contributed by atoms with Crippen LogP contribution >= 0.6 is 15.9 Å². The molecule has 3 rings (SSSR count). The van der Waals surface area contributed by atoms with Gasteiger partial charge in [0.15, 0.2) is 11.5 Å². The molecule has 1 aliphatic heterocycles. The molecule has 0 spiro atoms. The number of hydrogen-bond acceptors (Lipinski definition) is 4. The van der Waals surface area contributed by atoms with Gasteiger partial charge in [-0.15, -0.1) is 0 Å². The van der Waals surface area contributed by atoms with Crippen LogP contribution in [-0.4, -0.2) is 18.4 Å². The summed E-state index contributed by atoms with van der Waals surface area (Å²) in [5, 5.41) is 13.3. The molecule has 0 aromatic heterocycles. The molecule has 0 amide bonds. The molecule has 5 heteroatoms. The van der Waals surface area contributed by atoms with Crippen LogP contribution in [-0.2, 0) is 6.54 Å². The number of fused-ring (bicyclic) bond motifs is 1. The summed E-state index contributed by atoms with van der Waals surface area (Å²) >= 11 is 3.52. The van der Waals surface area contributed by atoms with Crippen LogP contribution in [0.2, 0.25) is 0 Å². The fraction of sp³-hybridized carbons (Fsp3) is 0.211. The molecule has 1 unspecified atom stereocenters. The molecule has 24 heavy (non-hydrogen) atoms. The van der Waals surface area contributed by atoms with Crippen LogP contribution < -0.4 is 10.1 Å². The molecule has 0 saturated heterocycles. The van der Waals surface area contributed by atoms with Gasteiger partial charge in [-0.2, -0.15) is 0 Å². The zero-order valence-electron chi connectivity index (χ0n) is 13.6. The molecule has 2 N–H and O–H groups in total. The summed E-state index contributed by atoms with van der Waals surface area (Å²) in [7, 11) is 1.54. The van der Waals surface area contributed by atoms with E-state index in [0.717, 1.165) is 15.6 Å². The normalized spacial score (nSPS) is 15.9. The zero-order chi connectivity index (χ0) is 17.1. The number of aliphatic imine (C=N–C) groups is 1. The van der Waals surface area contributed by atoms with E-state index in [9.17, 15) is 5.11 Å². The lowest BCUT2D eigenvalue weighted by atomic mass is 9.98. The van der Waals surface area contributed by atoms with Crippen molar-refractivity contribution in [3.05, 3.63) is 63.8 Å². The van der Waals surface area contributed by atoms with Crippen LogP contribution in [0.25, 0.3) is 5.57 Å². The second kappa shape index (κ2) is 7.09. The number of rotatable bonds is 4. The molecule has 4 nitrogen and oxygen atoms in total. The van der Waals surface area contributed by atoms with Crippen LogP contribution in [0.15, 0.2) is 52.1 Å². The Morgan fingerprint density at radius 2 is 2.12 bits per heavy atom. The molecule has 0 saturated carbocycles. The minimum absolute atomic E-state index is 0.0419. The van der Waals surface area contributed by atoms with Crippen molar-refractivity contribution in [3.8, 4) is 11.5 Å². The molecule has 0 bridgehead atoms. The fourth-order valence-corrected chi connectivity index (χ4v) is 3.03. The van der Waals surface area contributed by atoms with Crippen molar-refractivity contribution < 1.29 is 9.84 Å². The molecule has 2 aromatic carbocycles. The minimum atomic E-state index is 0.0419. The molecule has 1 atom stereocenters. The molecule has 2 aromatic rings. The number of benzene rings is 2. The van der Waals surface area contributed by atoms with E-state index in [1.807, 2.05) is 31.5 Å². The van der Waals surface area contributed by atoms with E-state index >= 15 is 0 Å². The zero-order valence-corrected chi connectivity index (χ0v) is 15.2. The second-order valence-electron chi connectivity index (χ2n) is 5.69. The Labute approximate surface area is 150 Å². The highest BCUT2D eigenvalue weighted by molar-refractivity contribution is 9.10. The summed E-state index contributed by atoms with van der Waals surface area (Å²) in [4.78, 5) is 4.41. The van der Waals surface area contributed by atoms with Gasteiger partial charge in [-0.1, -0.05) is 28.1 Å². The van der Waals surface area contributed by atoms with Crippen LogP contribution in [0.5, 0.6) is 11.5 Å². The molecule has 0 fully saturated rings. The molecule has 1 heterocycles. The predicted octanol–water partition coefficient (Wildman–Crippen LogP) is 4.44. The lowest BCUT2D eigenvalue weighted by molar-refractivity contribution is 0.372. The van der Waals surface area contributed by atoms with Gasteiger partial charge in [0, 0.05) is 28.5 Å². The summed E-state index contributed by atoms with van der Waals surface area (Å²) in [5.74, 6) is 0.618. The van der Waals surface area contributed by atoms with E-state index < -0.39 is 0 Å². The SMILES string of the molecule is COc1ccc(C(C)N/C=C2\C=NCc3ccc(Br)cc32)cc1O. The Hall–Kier alpha value is -2.27. The monoisotopic (exact) mass is 386 g/mol. The number of phenolic OH excluding ortho intramolecular Hbond substituents is 1. The lowest BCUT2D eigenvalue weighted by Gasteiger charge is -2.17. The van der Waals surface area contributed by atoms with Crippen molar-refractivity contribution in [1.82, 2.24) is 5.32 Å². The van der Waals surface area contributed by atoms with Gasteiger partial charge in [0.1, 0.15) is 0 Å². The van der Waals surface area contributed by atoms with Crippen molar-refractivity contribution in [3.63, 3.8) is 0 Å². The van der Waals surface area contributed by atoms with Gasteiger partial charge in [0.2, 0.25) is 0 Å². The second-order valence-corrected chi connectivity index (χ2v) is 6.61. The topological polar surface area (TPSA) is 53.8 Å². The van der Waals surface area contributed by atoms with E-state index in [-0.39, 0.29) is 11.8 Å². The van der Waals surface area contributed by atoms with Gasteiger partial charge >= 0.3 is 0 Å². The molecular formula is C19H19BrN2O2. The molecule has 0 aliphatic carbocycles. The molecule has 0 radical (unpaired) electrons. The van der Waals surface area contributed by atoms with Gasteiger partial charge in [-0.05, 0) is 47.9 Å². The van der Waals surface area contributed by atoms with E-state index in [4.69, 9.17) is 4.74 Å². The number of methoxy groups -OCH3 is 1. The maximum Gasteiger partial charge on any atom is 0.160 e. The average molecular weight is 387 g/mol. The van der Waals surface area contributed by atoms with Gasteiger partial charge in [-0.25, -0.2) is 0 Å². The highest BCUT2D eigenvalue weighted by Crippen LogP contribution is 2.29. The number of nitrogens with zero attached hydrogens (tertiary/aromatic N) is 1. The third-order valence-corrected chi connectivity index (χ3v) is 4.56. The van der Waals surface area contributed by atoms with Crippen molar-refractivity contribution >= 4 is 27.7 Å². The number of aromatic hydroxyl groups is 1. The van der Waals surface area contributed by atoms with Gasteiger partial charge in [0.05, 0.1) is 13.7 Å². The molecule has 1 aliphatic rings. The fourth-order valence-electron chi connectivity index (χ4n) is 2.67. The standard InChI is InChI=1S/C19H19BrN2O2/c1-12(13-4-6-19(24-2)18(23)7-13)22-11-15-10-21-9-14-3-5-16(20)8-17(14)15/h3-8,10-12,22-23H,9H2,1-2H3/b15-11+. The summed E-state index contributed by atoms with van der Waals surface area (Å²) in [6.07, 6.45) is 3.86. The van der Waals surface area contributed by atoms with Gasteiger partial charge in [0.25, 0.3) is 0 Å². The number of halogens is 1. The first-order chi connectivity index (χ1) is 11.6. The van der Waals surface area contributed by atoms with E-state index in [1.54, 1.807) is 19.2 Å². The third-order valence-electron chi connectivity index (χ3n) is 4.07. The first-order valence-corrected chi connectivity index (χ1v) is 8.49. The number of allylic oxidation sites excluding steroid dienone is 1. The summed E-state index contributed by atoms with van der Waals surface area (Å²) in [6.45, 7) is 2.75. The largest absolute Gasteiger partial charge is 0.504 e. The van der Waals surface area contributed by atoms with Crippen molar-refractivity contribution in [2.45, 2.75) is 19.5 Å². The van der Waals surface area contributed by atoms with E-state index in [2.05, 4.69) is 38.4 Å². The van der Waals surface area contributed by atoms with Gasteiger partial charge < -0.3 is 15.2 Å². The highest BCUT2D eigenvalue weighted by Gasteiger charge is 2.12. The number of phenols is 1. The van der Waals surface area contributed by atoms with Crippen LogP contribution in [0.3, 0.4) is 0 Å². The Morgan fingerprint density at radius 3 is 2.88 bits per heavy atom. The van der Waals surface area contributed by atoms with Crippen molar-refractivity contribution in [2.75, 3.05) is 7.11 Å². The number of nitrogens with one attached hydrogen (secondary N) is 1. The summed E-state index contributed by atoms with van der Waals surface area (Å²) in [6, 6.07) is 11.7. The van der Waals surface area contributed by atoms with Crippen molar-refractivity contribution in [2.24, 2.45) is 4.99 Å². The van der Waals surface area contributed by atoms with E-state index in [0.29, 0.717) is 12.3 Å². The van der Waals surface area contributed by atoms with Crippen molar-refractivity contribution in [1.29, 1.82) is 0 Å². The van der Waals surface area contributed by atoms with Crippen LogP contribution in [0.1, 0.15) is 29.7 Å². The number of hydrogen-bond donors (Lipinski definition) is 2. The summed E-state index contributed by atoms with van der Waals surface area (Å²) in [5.41, 5.74) is 4.41. The van der Waals surface area contributed by atoms with E-state index in [1.165, 1.54) is 11.1 Å². The first kappa shape index (κ1) is 16.6. The van der Waals surface area contributed by atoms with Crippen LogP contribution in [0, 0.1) is 0 Å². The van der Waals surface area contributed by atoms with Crippen LogP contribution in [0.4, 0.5) is 0 Å². The average Bonchev–Trinajstić information content (AvgIpc) is 2.59.